The van der Waals surface area contributed by atoms with Crippen LogP contribution in [-0.2, 0) is 14.8 Å². The highest BCUT2D eigenvalue weighted by atomic mass is 35.5. The lowest BCUT2D eigenvalue weighted by atomic mass is 9.98. The third-order valence-corrected chi connectivity index (χ3v) is 8.43. The van der Waals surface area contributed by atoms with E-state index in [0.717, 1.165) is 11.1 Å². The first kappa shape index (κ1) is 25.9. The minimum atomic E-state index is -3.94. The summed E-state index contributed by atoms with van der Waals surface area (Å²) in [6.45, 7) is 3.97. The number of sulfonamides is 1. The molecule has 1 aliphatic rings. The van der Waals surface area contributed by atoms with Gasteiger partial charge in [-0.1, -0.05) is 52.7 Å². The number of piperidine rings is 1. The highest BCUT2D eigenvalue weighted by Crippen LogP contribution is 2.31. The Morgan fingerprint density at radius 2 is 1.94 bits per heavy atom. The molecule has 1 atom stereocenters. The van der Waals surface area contributed by atoms with Gasteiger partial charge in [0.2, 0.25) is 15.9 Å². The Labute approximate surface area is 215 Å². The number of anilines is 1. The summed E-state index contributed by atoms with van der Waals surface area (Å²) in [7, 11) is -2.43. The van der Waals surface area contributed by atoms with Crippen LogP contribution in [-0.4, -0.2) is 44.0 Å². The average molecular weight is 530 g/mol. The maximum Gasteiger partial charge on any atom is 0.248 e. The van der Waals surface area contributed by atoms with Crippen LogP contribution in [0.15, 0.2) is 51.9 Å². The summed E-state index contributed by atoms with van der Waals surface area (Å²) >= 11 is 6.16. The molecule has 1 saturated heterocycles. The molecule has 0 radical (unpaired) electrons. The van der Waals surface area contributed by atoms with Crippen molar-refractivity contribution in [3.05, 3.63) is 70.1 Å². The minimum absolute atomic E-state index is 0.0221. The Hall–Kier alpha value is -3.14. The van der Waals surface area contributed by atoms with E-state index in [1.807, 2.05) is 31.2 Å². The van der Waals surface area contributed by atoms with Crippen LogP contribution < -0.4 is 10.1 Å². The van der Waals surface area contributed by atoms with Crippen molar-refractivity contribution >= 4 is 45.4 Å². The second kappa shape index (κ2) is 10.9. The fourth-order valence-electron chi connectivity index (χ4n) is 4.14. The van der Waals surface area contributed by atoms with Gasteiger partial charge in [-0.2, -0.15) is 4.31 Å². The summed E-state index contributed by atoms with van der Waals surface area (Å²) in [5.74, 6) is -0.118. The standard InChI is InChI=1S/C26H28ClN3O5S/c1-17-6-8-19(9-7-17)10-12-24-25(18(2)29-35-24)36(32,33)30-14-4-5-20(16-30)26(31)28-21-11-13-23(34-3)22(27)15-21/h6-13,15,20H,4-5,14,16H2,1-3H3,(H,28,31)/b12-10+. The van der Waals surface area contributed by atoms with Crippen LogP contribution in [0.3, 0.4) is 0 Å². The summed E-state index contributed by atoms with van der Waals surface area (Å²) in [6, 6.07) is 12.8. The van der Waals surface area contributed by atoms with Crippen LogP contribution in [0.5, 0.6) is 5.75 Å². The summed E-state index contributed by atoms with van der Waals surface area (Å²) in [6.07, 6.45) is 4.52. The number of carbonyl (C=O) groups is 1. The normalized spacial score (nSPS) is 16.8. The topological polar surface area (TPSA) is 102 Å². The predicted molar refractivity (Wildman–Crippen MR) is 139 cm³/mol. The van der Waals surface area contributed by atoms with Crippen LogP contribution in [0.4, 0.5) is 5.69 Å². The van der Waals surface area contributed by atoms with Crippen molar-refractivity contribution in [2.45, 2.75) is 31.6 Å². The second-order valence-electron chi connectivity index (χ2n) is 8.75. The van der Waals surface area contributed by atoms with Crippen LogP contribution >= 0.6 is 11.6 Å². The van der Waals surface area contributed by atoms with Gasteiger partial charge in [-0.3, -0.25) is 4.79 Å². The number of carbonyl (C=O) groups excluding carboxylic acids is 1. The zero-order valence-electron chi connectivity index (χ0n) is 20.3. The maximum absolute atomic E-state index is 13.6. The number of amides is 1. The van der Waals surface area contributed by atoms with E-state index in [1.54, 1.807) is 37.3 Å². The monoisotopic (exact) mass is 529 g/mol. The summed E-state index contributed by atoms with van der Waals surface area (Å²) < 4.78 is 39.1. The summed E-state index contributed by atoms with van der Waals surface area (Å²) in [5, 5.41) is 7.11. The van der Waals surface area contributed by atoms with Crippen molar-refractivity contribution in [2.24, 2.45) is 5.92 Å². The molecule has 2 heterocycles. The number of methoxy groups -OCH3 is 1. The third-order valence-electron chi connectivity index (χ3n) is 6.11. The predicted octanol–water partition coefficient (Wildman–Crippen LogP) is 5.16. The molecule has 2 aromatic carbocycles. The van der Waals surface area contributed by atoms with E-state index >= 15 is 0 Å². The van der Waals surface area contributed by atoms with Gasteiger partial charge in [0.1, 0.15) is 11.4 Å². The maximum atomic E-state index is 13.6. The number of aryl methyl sites for hydroxylation is 2. The van der Waals surface area contributed by atoms with Gasteiger partial charge in [-0.05, 0) is 56.5 Å². The lowest BCUT2D eigenvalue weighted by molar-refractivity contribution is -0.120. The molecule has 4 rings (SSSR count). The Morgan fingerprint density at radius 3 is 2.64 bits per heavy atom. The number of halogens is 1. The number of nitrogens with zero attached hydrogens (tertiary/aromatic N) is 2. The van der Waals surface area contributed by atoms with E-state index in [9.17, 15) is 13.2 Å². The zero-order valence-corrected chi connectivity index (χ0v) is 21.9. The molecule has 1 amide bonds. The molecule has 0 bridgehead atoms. The SMILES string of the molecule is COc1ccc(NC(=O)C2CCCN(S(=O)(=O)c3c(C)noc3/C=C/c3ccc(C)cc3)C2)cc1Cl. The molecule has 1 unspecified atom stereocenters. The van der Waals surface area contributed by atoms with E-state index in [1.165, 1.54) is 11.4 Å². The molecule has 0 spiro atoms. The van der Waals surface area contributed by atoms with Crippen LogP contribution in [0.25, 0.3) is 12.2 Å². The van der Waals surface area contributed by atoms with E-state index in [2.05, 4.69) is 10.5 Å². The fraction of sp³-hybridized carbons (Fsp3) is 0.308. The molecule has 190 valence electrons. The number of aromatic nitrogens is 1. The first-order valence-electron chi connectivity index (χ1n) is 11.5. The second-order valence-corrected chi connectivity index (χ2v) is 11.0. The van der Waals surface area contributed by atoms with Gasteiger partial charge < -0.3 is 14.6 Å². The Balaban J connectivity index is 1.51. The quantitative estimate of drug-likeness (QED) is 0.453. The smallest absolute Gasteiger partial charge is 0.248 e. The first-order valence-corrected chi connectivity index (χ1v) is 13.4. The lowest BCUT2D eigenvalue weighted by Crippen LogP contribution is -2.43. The van der Waals surface area contributed by atoms with Crippen LogP contribution in [0.1, 0.15) is 35.4 Å². The van der Waals surface area contributed by atoms with Gasteiger partial charge in [0.15, 0.2) is 10.7 Å². The van der Waals surface area contributed by atoms with Crippen molar-refractivity contribution in [2.75, 3.05) is 25.5 Å². The molecule has 8 nitrogen and oxygen atoms in total. The van der Waals surface area contributed by atoms with E-state index in [-0.39, 0.29) is 28.8 Å². The van der Waals surface area contributed by atoms with Crippen molar-refractivity contribution in [1.29, 1.82) is 0 Å². The largest absolute Gasteiger partial charge is 0.495 e. The van der Waals surface area contributed by atoms with Crippen molar-refractivity contribution in [3.63, 3.8) is 0 Å². The number of nitrogens with one attached hydrogen (secondary N) is 1. The molecular formula is C26H28ClN3O5S. The van der Waals surface area contributed by atoms with Crippen LogP contribution in [0.2, 0.25) is 5.02 Å². The van der Waals surface area contributed by atoms with Crippen molar-refractivity contribution in [3.8, 4) is 5.75 Å². The van der Waals surface area contributed by atoms with Gasteiger partial charge in [-0.15, -0.1) is 0 Å². The summed E-state index contributed by atoms with van der Waals surface area (Å²) in [5.41, 5.74) is 2.83. The van der Waals surface area contributed by atoms with Gasteiger partial charge in [0, 0.05) is 18.8 Å². The van der Waals surface area contributed by atoms with Gasteiger partial charge in [-0.25, -0.2) is 8.42 Å². The van der Waals surface area contributed by atoms with Gasteiger partial charge in [0.05, 0.1) is 18.1 Å². The summed E-state index contributed by atoms with van der Waals surface area (Å²) in [4.78, 5) is 13.0. The molecule has 0 saturated carbocycles. The number of benzene rings is 2. The van der Waals surface area contributed by atoms with E-state index < -0.39 is 15.9 Å². The highest BCUT2D eigenvalue weighted by Gasteiger charge is 2.37. The molecular weight excluding hydrogens is 502 g/mol. The third kappa shape index (κ3) is 5.64. The number of rotatable bonds is 7. The Morgan fingerprint density at radius 1 is 1.19 bits per heavy atom. The number of hydrogen-bond donors (Lipinski definition) is 1. The Kier molecular flexibility index (Phi) is 7.82. The first-order chi connectivity index (χ1) is 17.2. The fourth-order valence-corrected chi connectivity index (χ4v) is 6.17. The van der Waals surface area contributed by atoms with Crippen molar-refractivity contribution in [1.82, 2.24) is 9.46 Å². The molecule has 1 N–H and O–H groups in total. The number of ether oxygens (including phenoxy) is 1. The van der Waals surface area contributed by atoms with Crippen LogP contribution in [0, 0.1) is 19.8 Å². The molecule has 1 aliphatic heterocycles. The van der Waals surface area contributed by atoms with E-state index in [0.29, 0.717) is 35.8 Å². The van der Waals surface area contributed by atoms with E-state index in [4.69, 9.17) is 20.9 Å². The van der Waals surface area contributed by atoms with Crippen molar-refractivity contribution < 1.29 is 22.5 Å². The Bertz CT molecular complexity index is 1380. The zero-order chi connectivity index (χ0) is 25.9. The molecule has 3 aromatic rings. The van der Waals surface area contributed by atoms with Gasteiger partial charge in [0.25, 0.3) is 0 Å². The molecule has 36 heavy (non-hydrogen) atoms. The average Bonchev–Trinajstić information content (AvgIpc) is 3.25. The molecule has 0 aliphatic carbocycles. The lowest BCUT2D eigenvalue weighted by Gasteiger charge is -2.31. The molecule has 10 heteroatoms. The molecule has 1 aromatic heterocycles. The minimum Gasteiger partial charge on any atom is -0.495 e. The van der Waals surface area contributed by atoms with Gasteiger partial charge >= 0.3 is 0 Å². The molecule has 1 fully saturated rings. The number of hydrogen-bond acceptors (Lipinski definition) is 6. The highest BCUT2D eigenvalue weighted by molar-refractivity contribution is 7.89.